The Morgan fingerprint density at radius 3 is 2.63 bits per heavy atom. The van der Waals surface area contributed by atoms with Gasteiger partial charge in [0.2, 0.25) is 0 Å². The number of hydrogen-bond acceptors (Lipinski definition) is 3. The van der Waals surface area contributed by atoms with Gasteiger partial charge in [-0.3, -0.25) is 9.59 Å². The maximum Gasteiger partial charge on any atom is 0.260 e. The van der Waals surface area contributed by atoms with Crippen molar-refractivity contribution in [2.75, 3.05) is 7.05 Å². The molecule has 0 aliphatic carbocycles. The van der Waals surface area contributed by atoms with Crippen molar-refractivity contribution < 1.29 is 4.79 Å². The molecule has 1 N–H and O–H groups in total. The first-order valence-electron chi connectivity index (χ1n) is 5.97. The van der Waals surface area contributed by atoms with Crippen LogP contribution in [0.3, 0.4) is 0 Å². The molecular formula is C14H16N2O2S. The molecule has 2 heterocycles. The molecule has 2 aromatic rings. The van der Waals surface area contributed by atoms with Crippen LogP contribution in [0.25, 0.3) is 0 Å². The summed E-state index contributed by atoms with van der Waals surface area (Å²) in [4.78, 5) is 29.3. The fourth-order valence-electron chi connectivity index (χ4n) is 1.80. The molecule has 5 heteroatoms. The number of aryl methyl sites for hydroxylation is 2. The van der Waals surface area contributed by atoms with Crippen LogP contribution < -0.4 is 5.56 Å². The van der Waals surface area contributed by atoms with E-state index >= 15 is 0 Å². The van der Waals surface area contributed by atoms with Crippen molar-refractivity contribution >= 4 is 17.2 Å². The second-order valence-corrected chi connectivity index (χ2v) is 5.57. The molecule has 19 heavy (non-hydrogen) atoms. The van der Waals surface area contributed by atoms with E-state index in [0.717, 1.165) is 10.6 Å². The highest BCUT2D eigenvalue weighted by molar-refractivity contribution is 7.10. The van der Waals surface area contributed by atoms with E-state index in [4.69, 9.17) is 0 Å². The van der Waals surface area contributed by atoms with E-state index in [1.54, 1.807) is 42.3 Å². The van der Waals surface area contributed by atoms with Crippen LogP contribution in [0.4, 0.5) is 0 Å². The van der Waals surface area contributed by atoms with Crippen molar-refractivity contribution in [1.82, 2.24) is 9.88 Å². The van der Waals surface area contributed by atoms with Crippen molar-refractivity contribution in [1.29, 1.82) is 0 Å². The molecular weight excluding hydrogens is 260 g/mol. The van der Waals surface area contributed by atoms with Crippen LogP contribution in [-0.4, -0.2) is 22.8 Å². The largest absolute Gasteiger partial charge is 0.336 e. The third-order valence-corrected chi connectivity index (χ3v) is 3.99. The molecule has 0 saturated heterocycles. The normalized spacial score (nSPS) is 10.5. The quantitative estimate of drug-likeness (QED) is 0.935. The predicted molar refractivity (Wildman–Crippen MR) is 76.7 cm³/mol. The average molecular weight is 276 g/mol. The lowest BCUT2D eigenvalue weighted by atomic mass is 10.2. The average Bonchev–Trinajstić information content (AvgIpc) is 2.74. The van der Waals surface area contributed by atoms with Crippen LogP contribution in [0, 0.1) is 13.8 Å². The van der Waals surface area contributed by atoms with Crippen LogP contribution in [0.1, 0.15) is 26.5 Å². The van der Waals surface area contributed by atoms with Gasteiger partial charge in [-0.05, 0) is 43.0 Å². The molecule has 0 unspecified atom stereocenters. The van der Waals surface area contributed by atoms with Crippen molar-refractivity contribution in [2.24, 2.45) is 0 Å². The monoisotopic (exact) mass is 276 g/mol. The van der Waals surface area contributed by atoms with Gasteiger partial charge in [0.15, 0.2) is 0 Å². The lowest BCUT2D eigenvalue weighted by Crippen LogP contribution is -2.31. The number of rotatable bonds is 3. The van der Waals surface area contributed by atoms with Crippen molar-refractivity contribution in [3.05, 3.63) is 55.6 Å². The number of carbonyl (C=O) groups is 1. The number of aromatic nitrogens is 1. The molecule has 0 aliphatic rings. The van der Waals surface area contributed by atoms with E-state index in [9.17, 15) is 9.59 Å². The van der Waals surface area contributed by atoms with E-state index in [2.05, 4.69) is 4.98 Å². The van der Waals surface area contributed by atoms with E-state index in [0.29, 0.717) is 6.54 Å². The van der Waals surface area contributed by atoms with Crippen LogP contribution >= 0.6 is 11.3 Å². The van der Waals surface area contributed by atoms with Gasteiger partial charge in [-0.25, -0.2) is 0 Å². The Balaban J connectivity index is 2.20. The Labute approximate surface area is 115 Å². The van der Waals surface area contributed by atoms with E-state index < -0.39 is 0 Å². The first kappa shape index (κ1) is 13.5. The molecule has 0 spiro atoms. The fourth-order valence-corrected chi connectivity index (χ4v) is 2.76. The summed E-state index contributed by atoms with van der Waals surface area (Å²) in [6.07, 6.45) is 0. The van der Waals surface area contributed by atoms with E-state index in [1.165, 1.54) is 5.56 Å². The molecule has 4 nitrogen and oxygen atoms in total. The number of thiophene rings is 1. The molecule has 0 aliphatic heterocycles. The summed E-state index contributed by atoms with van der Waals surface area (Å²) in [5, 5.41) is 2.00. The summed E-state index contributed by atoms with van der Waals surface area (Å²) >= 11 is 1.62. The number of carbonyl (C=O) groups excluding carboxylic acids is 1. The Hall–Kier alpha value is -1.88. The fraction of sp³-hybridized carbons (Fsp3) is 0.286. The molecule has 0 fully saturated rings. The summed E-state index contributed by atoms with van der Waals surface area (Å²) in [7, 11) is 1.71. The Kier molecular flexibility index (Phi) is 3.85. The number of nitrogens with one attached hydrogen (secondary N) is 1. The summed E-state index contributed by atoms with van der Waals surface area (Å²) in [6, 6.07) is 5.34. The standard InChI is InChI=1S/C14H16N2O2S/c1-9-6-7-19-12(9)8-16(3)14(18)11-5-4-10(2)15-13(11)17/h4-7H,8H2,1-3H3,(H,15,17). The first-order chi connectivity index (χ1) is 8.99. The second-order valence-electron chi connectivity index (χ2n) is 4.57. The summed E-state index contributed by atoms with van der Waals surface area (Å²) < 4.78 is 0. The number of aromatic amines is 1. The molecule has 0 atom stereocenters. The first-order valence-corrected chi connectivity index (χ1v) is 6.85. The molecule has 1 amide bonds. The van der Waals surface area contributed by atoms with Crippen molar-refractivity contribution in [2.45, 2.75) is 20.4 Å². The van der Waals surface area contributed by atoms with E-state index in [-0.39, 0.29) is 17.0 Å². The predicted octanol–water partition coefficient (Wildman–Crippen LogP) is 2.33. The highest BCUT2D eigenvalue weighted by Gasteiger charge is 2.16. The molecule has 0 radical (unpaired) electrons. The van der Waals surface area contributed by atoms with Gasteiger partial charge in [0.25, 0.3) is 11.5 Å². The third-order valence-electron chi connectivity index (χ3n) is 2.98. The Morgan fingerprint density at radius 1 is 1.32 bits per heavy atom. The number of H-pyrrole nitrogens is 1. The van der Waals surface area contributed by atoms with Gasteiger partial charge in [-0.1, -0.05) is 0 Å². The topological polar surface area (TPSA) is 53.2 Å². The summed E-state index contributed by atoms with van der Waals surface area (Å²) in [6.45, 7) is 4.33. The number of amides is 1. The third kappa shape index (κ3) is 2.93. The van der Waals surface area contributed by atoms with Gasteiger partial charge in [-0.15, -0.1) is 11.3 Å². The zero-order chi connectivity index (χ0) is 14.0. The highest BCUT2D eigenvalue weighted by atomic mass is 32.1. The number of hydrogen-bond donors (Lipinski definition) is 1. The molecule has 0 aromatic carbocycles. The van der Waals surface area contributed by atoms with Crippen LogP contribution in [0.15, 0.2) is 28.4 Å². The zero-order valence-electron chi connectivity index (χ0n) is 11.2. The van der Waals surface area contributed by atoms with E-state index in [1.807, 2.05) is 18.4 Å². The highest BCUT2D eigenvalue weighted by Crippen LogP contribution is 2.17. The Bertz CT molecular complexity index is 657. The summed E-state index contributed by atoms with van der Waals surface area (Å²) in [5.41, 5.74) is 1.77. The smallest absolute Gasteiger partial charge is 0.260 e. The lowest BCUT2D eigenvalue weighted by Gasteiger charge is -2.16. The molecule has 2 rings (SSSR count). The van der Waals surface area contributed by atoms with Crippen LogP contribution in [0.2, 0.25) is 0 Å². The number of pyridine rings is 1. The maximum absolute atomic E-state index is 12.2. The SMILES string of the molecule is Cc1ccc(C(=O)N(C)Cc2sccc2C)c(=O)[nH]1. The molecule has 0 bridgehead atoms. The molecule has 100 valence electrons. The minimum atomic E-state index is -0.334. The van der Waals surface area contributed by atoms with Crippen molar-refractivity contribution in [3.8, 4) is 0 Å². The van der Waals surface area contributed by atoms with Crippen LogP contribution in [0.5, 0.6) is 0 Å². The summed E-state index contributed by atoms with van der Waals surface area (Å²) in [5.74, 6) is -0.256. The second kappa shape index (κ2) is 5.40. The van der Waals surface area contributed by atoms with Gasteiger partial charge < -0.3 is 9.88 Å². The van der Waals surface area contributed by atoms with Gasteiger partial charge >= 0.3 is 0 Å². The minimum Gasteiger partial charge on any atom is -0.336 e. The number of nitrogens with zero attached hydrogens (tertiary/aromatic N) is 1. The van der Waals surface area contributed by atoms with Gasteiger partial charge in [0.05, 0.1) is 6.54 Å². The van der Waals surface area contributed by atoms with Gasteiger partial charge in [-0.2, -0.15) is 0 Å². The van der Waals surface area contributed by atoms with Gasteiger partial charge in [0.1, 0.15) is 5.56 Å². The van der Waals surface area contributed by atoms with Crippen molar-refractivity contribution in [3.63, 3.8) is 0 Å². The minimum absolute atomic E-state index is 0.183. The Morgan fingerprint density at radius 2 is 2.05 bits per heavy atom. The van der Waals surface area contributed by atoms with Gasteiger partial charge in [0, 0.05) is 17.6 Å². The lowest BCUT2D eigenvalue weighted by molar-refractivity contribution is 0.0784. The molecule has 0 saturated carbocycles. The molecule has 2 aromatic heterocycles. The van der Waals surface area contributed by atoms with Crippen LogP contribution in [-0.2, 0) is 6.54 Å². The maximum atomic E-state index is 12.2. The zero-order valence-corrected chi connectivity index (χ0v) is 12.0.